The van der Waals surface area contributed by atoms with Crippen LogP contribution in [0.4, 0.5) is 34.6 Å². The molecule has 2 heterocycles. The van der Waals surface area contributed by atoms with Gasteiger partial charge in [-0.15, -0.1) is 22.7 Å². The molecule has 8 rings (SSSR count). The van der Waals surface area contributed by atoms with Crippen LogP contribution in [-0.2, 0) is 30.4 Å². The van der Waals surface area contributed by atoms with Crippen LogP contribution in [0.25, 0.3) is 25.7 Å². The Balaban J connectivity index is 0.000000200. The number of para-hydroxylation sites is 2. The van der Waals surface area contributed by atoms with Crippen LogP contribution in [-0.4, -0.2) is 34.3 Å². The molecule has 0 saturated heterocycles. The second-order valence-corrected chi connectivity index (χ2v) is 15.0. The third kappa shape index (κ3) is 8.33. The second kappa shape index (κ2) is 16.9. The lowest BCUT2D eigenvalue weighted by Gasteiger charge is -2.09. The van der Waals surface area contributed by atoms with Crippen molar-refractivity contribution in [3.05, 3.63) is 146 Å². The first kappa shape index (κ1) is 39.0. The number of benzene rings is 4. The van der Waals surface area contributed by atoms with Crippen LogP contribution in [0.3, 0.4) is 0 Å². The number of nitrogens with zero attached hydrogens (tertiary/aromatic N) is 4. The number of esters is 1. The van der Waals surface area contributed by atoms with E-state index in [9.17, 15) is 27.2 Å². The van der Waals surface area contributed by atoms with Gasteiger partial charge in [0.05, 0.1) is 34.3 Å². The maximum Gasteiger partial charge on any atom is 0.367 e. The molecule has 0 spiro atoms. The van der Waals surface area contributed by atoms with Crippen molar-refractivity contribution in [2.24, 2.45) is 10.7 Å². The lowest BCUT2D eigenvalue weighted by atomic mass is 10.0. The van der Waals surface area contributed by atoms with Crippen LogP contribution >= 0.6 is 22.7 Å². The van der Waals surface area contributed by atoms with Gasteiger partial charge in [0.1, 0.15) is 28.8 Å². The summed E-state index contributed by atoms with van der Waals surface area (Å²) in [5, 5.41) is 2.76. The molecule has 288 valence electrons. The number of anilines is 1. The molecule has 2 aromatic heterocycles. The average molecular weight is 809 g/mol. The van der Waals surface area contributed by atoms with Crippen LogP contribution in [0.5, 0.6) is 0 Å². The number of amides is 1. The van der Waals surface area contributed by atoms with Gasteiger partial charge in [0.15, 0.2) is 22.3 Å². The van der Waals surface area contributed by atoms with Gasteiger partial charge in [0.25, 0.3) is 5.91 Å². The number of hydrogen-bond donors (Lipinski definition) is 2. The number of thiazole rings is 2. The Bertz CT molecular complexity index is 2570. The monoisotopic (exact) mass is 808 g/mol. The van der Waals surface area contributed by atoms with Crippen molar-refractivity contribution >= 4 is 57.4 Å². The highest BCUT2D eigenvalue weighted by atomic mass is 32.1. The number of aryl methyl sites for hydroxylation is 4. The molecule has 2 aliphatic rings. The number of aromatic nitrogens is 2. The third-order valence-electron chi connectivity index (χ3n) is 9.24. The van der Waals surface area contributed by atoms with Crippen LogP contribution in [0.1, 0.15) is 67.4 Å². The largest absolute Gasteiger partial charge is 0.461 e. The molecule has 57 heavy (non-hydrogen) atoms. The van der Waals surface area contributed by atoms with Gasteiger partial charge < -0.3 is 15.8 Å². The van der Waals surface area contributed by atoms with E-state index in [0.717, 1.165) is 93.4 Å². The molecule has 0 unspecified atom stereocenters. The number of carbonyl (C=O) groups excluding carboxylic acids is 2. The van der Waals surface area contributed by atoms with E-state index < -0.39 is 40.6 Å². The molecule has 2 aliphatic carbocycles. The van der Waals surface area contributed by atoms with Gasteiger partial charge in [-0.05, 0) is 98.0 Å². The molecular formula is C42H32F4N6O3S2. The molecule has 0 atom stereocenters. The third-order valence-corrected chi connectivity index (χ3v) is 11.5. The number of fused-ring (bicyclic) bond motifs is 6. The summed E-state index contributed by atoms with van der Waals surface area (Å²) in [4.78, 5) is 42.7. The molecule has 0 radical (unpaired) electrons. The predicted octanol–water partition coefficient (Wildman–Crippen LogP) is 10.2. The van der Waals surface area contributed by atoms with Gasteiger partial charge in [-0.25, -0.2) is 42.2 Å². The molecule has 0 saturated carbocycles. The van der Waals surface area contributed by atoms with Crippen LogP contribution in [0.2, 0.25) is 0 Å². The molecule has 1 amide bonds. The zero-order chi connectivity index (χ0) is 40.2. The Labute approximate surface area is 332 Å². The van der Waals surface area contributed by atoms with Crippen LogP contribution < -0.4 is 11.1 Å². The van der Waals surface area contributed by atoms with Gasteiger partial charge >= 0.3 is 5.97 Å². The predicted molar refractivity (Wildman–Crippen MR) is 212 cm³/mol. The van der Waals surface area contributed by atoms with E-state index >= 15 is 0 Å². The van der Waals surface area contributed by atoms with Crippen molar-refractivity contribution in [2.75, 3.05) is 11.9 Å². The number of carbonyl (C=O) groups is 2. The van der Waals surface area contributed by atoms with Gasteiger partial charge in [0, 0.05) is 5.56 Å². The number of aliphatic imine (C=N–C) groups is 1. The Morgan fingerprint density at radius 2 is 1.37 bits per heavy atom. The van der Waals surface area contributed by atoms with Gasteiger partial charge in [-0.1, -0.05) is 42.5 Å². The molecule has 3 N–H and O–H groups in total. The molecule has 15 heteroatoms. The van der Waals surface area contributed by atoms with Gasteiger partial charge in [-0.2, -0.15) is 0 Å². The summed E-state index contributed by atoms with van der Waals surface area (Å²) >= 11 is 2.51. The number of nitrogens with one attached hydrogen (secondary N) is 1. The maximum absolute atomic E-state index is 14.0. The first-order chi connectivity index (χ1) is 27.5. The molecule has 9 nitrogen and oxygen atoms in total. The standard InChI is InChI=1S/C26H18F4N4OS.C16H14N2O2S/c27-16-5-2-6-17(28)21(16)33-24(31)14-10-11-15-13(12-14)4-1-9-20-23(15)36-26(32-20)25(35)34-22-18(29)7-3-8-19(22)30;1-3-20-16(19)15-18-13-6-4-5-10-9-11(17-2)7-8-12(10)14(13)21-15/h2-3,5-8,10-12H,1,4,9H2,(H2,31,33)(H,34,35);7-9H,3-6H2,1H3. The molecule has 0 fully saturated rings. The van der Waals surface area contributed by atoms with Gasteiger partial charge in [0.2, 0.25) is 5.01 Å². The van der Waals surface area contributed by atoms with E-state index in [1.165, 1.54) is 29.0 Å². The Morgan fingerprint density at radius 3 is 1.98 bits per heavy atom. The van der Waals surface area contributed by atoms with Crippen molar-refractivity contribution in [1.82, 2.24) is 9.97 Å². The summed E-state index contributed by atoms with van der Waals surface area (Å²) < 4.78 is 60.9. The number of halogens is 4. The highest BCUT2D eigenvalue weighted by Crippen LogP contribution is 2.40. The van der Waals surface area contributed by atoms with Crippen molar-refractivity contribution in [2.45, 2.75) is 45.4 Å². The van der Waals surface area contributed by atoms with E-state index in [1.807, 2.05) is 18.2 Å². The van der Waals surface area contributed by atoms with E-state index in [1.54, 1.807) is 25.1 Å². The quantitative estimate of drug-likeness (QED) is 0.0568. The second-order valence-electron chi connectivity index (χ2n) is 13.0. The van der Waals surface area contributed by atoms with E-state index in [4.69, 9.17) is 17.0 Å². The average Bonchev–Trinajstić information content (AvgIpc) is 3.74. The van der Waals surface area contributed by atoms with Gasteiger partial charge in [-0.3, -0.25) is 4.79 Å². The minimum Gasteiger partial charge on any atom is -0.461 e. The fourth-order valence-electron chi connectivity index (χ4n) is 6.56. The summed E-state index contributed by atoms with van der Waals surface area (Å²) in [6.07, 6.45) is 4.79. The number of ether oxygens (including phenoxy) is 1. The fourth-order valence-corrected chi connectivity index (χ4v) is 8.69. The zero-order valence-electron chi connectivity index (χ0n) is 30.3. The van der Waals surface area contributed by atoms with Crippen molar-refractivity contribution < 1.29 is 31.9 Å². The smallest absolute Gasteiger partial charge is 0.367 e. The lowest BCUT2D eigenvalue weighted by molar-refractivity contribution is 0.0525. The van der Waals surface area contributed by atoms with Crippen molar-refractivity contribution in [1.29, 1.82) is 0 Å². The highest BCUT2D eigenvalue weighted by molar-refractivity contribution is 7.17. The number of nitrogens with two attached hydrogens (primary N) is 1. The molecule has 0 bridgehead atoms. The lowest BCUT2D eigenvalue weighted by Crippen LogP contribution is -2.14. The topological polar surface area (TPSA) is 124 Å². The number of amidine groups is 1. The summed E-state index contributed by atoms with van der Waals surface area (Å²) in [6.45, 7) is 9.27. The molecule has 4 aromatic carbocycles. The minimum atomic E-state index is -0.881. The minimum absolute atomic E-state index is 0.0393. The molecular weight excluding hydrogens is 777 g/mol. The summed E-state index contributed by atoms with van der Waals surface area (Å²) in [5.41, 5.74) is 11.9. The number of hydrogen-bond acceptors (Lipinski definition) is 8. The van der Waals surface area contributed by atoms with Crippen molar-refractivity contribution in [3.63, 3.8) is 0 Å². The van der Waals surface area contributed by atoms with Crippen LogP contribution in [0, 0.1) is 29.8 Å². The van der Waals surface area contributed by atoms with Crippen LogP contribution in [0.15, 0.2) is 77.8 Å². The highest BCUT2D eigenvalue weighted by Gasteiger charge is 2.25. The van der Waals surface area contributed by atoms with Crippen molar-refractivity contribution in [3.8, 4) is 20.9 Å². The first-order valence-corrected chi connectivity index (χ1v) is 19.5. The molecule has 6 aromatic rings. The zero-order valence-corrected chi connectivity index (χ0v) is 31.9. The summed E-state index contributed by atoms with van der Waals surface area (Å²) in [7, 11) is 0. The summed E-state index contributed by atoms with van der Waals surface area (Å²) in [6, 6.07) is 17.8. The Kier molecular flexibility index (Phi) is 11.5. The first-order valence-electron chi connectivity index (χ1n) is 17.9. The SMILES string of the molecule is NC(=Nc1c(F)cccc1F)c1ccc2c(c1)CCCc1nc(C(=O)Nc3c(F)cccc3F)sc1-2.[C-]#[N+]c1ccc2c(c1)CCCc1nc(C(=O)OCC)sc1-2. The van der Waals surface area contributed by atoms with E-state index in [2.05, 4.69) is 25.1 Å². The van der Waals surface area contributed by atoms with E-state index in [-0.39, 0.29) is 16.8 Å². The normalized spacial score (nSPS) is 12.9. The summed E-state index contributed by atoms with van der Waals surface area (Å²) in [5.74, 6) is -4.50. The molecule has 0 aliphatic heterocycles. The number of rotatable bonds is 6. The fraction of sp³-hybridized carbons (Fsp3) is 0.190. The Hall–Kier alpha value is -6.24. The van der Waals surface area contributed by atoms with E-state index in [0.29, 0.717) is 41.4 Å². The Morgan fingerprint density at radius 1 is 0.807 bits per heavy atom. The maximum atomic E-state index is 14.0.